The summed E-state index contributed by atoms with van der Waals surface area (Å²) in [5, 5.41) is 9.66. The molecular weight excluding hydrogens is 314 g/mol. The number of hydrogen-bond acceptors (Lipinski definition) is 4. The standard InChI is InChI=1S/C17H12ClN3O2/c1-10-12(7-14(9-19)21(10)2)8-15-17(22)23-16(20-15)11-3-5-13(18)6-4-11/h3-8H,1-2H3/b15-8-. The minimum Gasteiger partial charge on any atom is -0.402 e. The molecule has 0 amide bonds. The first-order valence-electron chi connectivity index (χ1n) is 6.84. The monoisotopic (exact) mass is 325 g/mol. The predicted molar refractivity (Wildman–Crippen MR) is 86.9 cm³/mol. The molecule has 3 rings (SSSR count). The fourth-order valence-electron chi connectivity index (χ4n) is 2.25. The molecule has 2 aromatic rings. The molecule has 0 aliphatic carbocycles. The van der Waals surface area contributed by atoms with Crippen molar-refractivity contribution in [1.82, 2.24) is 4.57 Å². The summed E-state index contributed by atoms with van der Waals surface area (Å²) in [6, 6.07) is 10.7. The van der Waals surface area contributed by atoms with Crippen LogP contribution in [0.25, 0.3) is 6.08 Å². The number of carbonyl (C=O) groups excluding carboxylic acids is 1. The maximum absolute atomic E-state index is 12.0. The maximum atomic E-state index is 12.0. The lowest BCUT2D eigenvalue weighted by molar-refractivity contribution is -0.129. The van der Waals surface area contributed by atoms with E-state index in [0.717, 1.165) is 11.3 Å². The van der Waals surface area contributed by atoms with E-state index in [0.29, 0.717) is 16.3 Å². The van der Waals surface area contributed by atoms with E-state index in [1.54, 1.807) is 48.0 Å². The van der Waals surface area contributed by atoms with Crippen molar-refractivity contribution in [3.8, 4) is 6.07 Å². The van der Waals surface area contributed by atoms with Gasteiger partial charge in [-0.1, -0.05) is 11.6 Å². The normalized spacial score (nSPS) is 15.5. The van der Waals surface area contributed by atoms with E-state index in [1.807, 2.05) is 6.92 Å². The zero-order valence-corrected chi connectivity index (χ0v) is 13.3. The van der Waals surface area contributed by atoms with Gasteiger partial charge in [0.05, 0.1) is 0 Å². The summed E-state index contributed by atoms with van der Waals surface area (Å²) >= 11 is 5.84. The minimum atomic E-state index is -0.517. The Morgan fingerprint density at radius 1 is 1.35 bits per heavy atom. The second-order valence-corrected chi connectivity index (χ2v) is 5.52. The molecule has 0 bridgehead atoms. The third kappa shape index (κ3) is 2.77. The molecule has 23 heavy (non-hydrogen) atoms. The number of nitrogens with zero attached hydrogens (tertiary/aromatic N) is 3. The van der Waals surface area contributed by atoms with Crippen LogP contribution in [-0.4, -0.2) is 16.4 Å². The summed E-state index contributed by atoms with van der Waals surface area (Å²) in [6.45, 7) is 1.87. The number of carbonyl (C=O) groups is 1. The van der Waals surface area contributed by atoms with Crippen LogP contribution >= 0.6 is 11.6 Å². The molecule has 2 heterocycles. The number of cyclic esters (lactones) is 1. The molecule has 1 aliphatic heterocycles. The van der Waals surface area contributed by atoms with Gasteiger partial charge in [-0.05, 0) is 48.9 Å². The van der Waals surface area contributed by atoms with Gasteiger partial charge in [0.2, 0.25) is 5.90 Å². The van der Waals surface area contributed by atoms with Crippen molar-refractivity contribution in [3.63, 3.8) is 0 Å². The Kier molecular flexibility index (Phi) is 3.77. The van der Waals surface area contributed by atoms with E-state index in [9.17, 15) is 4.79 Å². The fourth-order valence-corrected chi connectivity index (χ4v) is 2.37. The minimum absolute atomic E-state index is 0.202. The largest absolute Gasteiger partial charge is 0.402 e. The molecule has 0 fully saturated rings. The molecule has 114 valence electrons. The average molecular weight is 326 g/mol. The summed E-state index contributed by atoms with van der Waals surface area (Å²) < 4.78 is 6.96. The van der Waals surface area contributed by atoms with E-state index in [2.05, 4.69) is 11.1 Å². The van der Waals surface area contributed by atoms with Crippen molar-refractivity contribution in [2.75, 3.05) is 0 Å². The first kappa shape index (κ1) is 15.1. The molecule has 0 N–H and O–H groups in total. The Hall–Kier alpha value is -2.84. The van der Waals surface area contributed by atoms with E-state index in [-0.39, 0.29) is 11.6 Å². The Balaban J connectivity index is 1.99. The molecule has 0 radical (unpaired) electrons. The molecule has 5 nitrogen and oxygen atoms in total. The molecule has 0 unspecified atom stereocenters. The second kappa shape index (κ2) is 5.75. The summed E-state index contributed by atoms with van der Waals surface area (Å²) in [4.78, 5) is 16.2. The summed E-state index contributed by atoms with van der Waals surface area (Å²) in [5.41, 5.74) is 3.03. The SMILES string of the molecule is Cc1c(/C=C2\N=C(c3ccc(Cl)cc3)OC2=O)cc(C#N)n1C. The van der Waals surface area contributed by atoms with Crippen molar-refractivity contribution in [2.45, 2.75) is 6.92 Å². The topological polar surface area (TPSA) is 67.4 Å². The first-order valence-corrected chi connectivity index (χ1v) is 7.22. The summed E-state index contributed by atoms with van der Waals surface area (Å²) in [7, 11) is 1.80. The van der Waals surface area contributed by atoms with Crippen molar-refractivity contribution >= 4 is 29.5 Å². The number of ether oxygens (including phenoxy) is 1. The smallest absolute Gasteiger partial charge is 0.363 e. The number of aliphatic imine (C=N–C) groups is 1. The Morgan fingerprint density at radius 3 is 2.65 bits per heavy atom. The summed E-state index contributed by atoms with van der Waals surface area (Å²) in [5.74, 6) is -0.274. The van der Waals surface area contributed by atoms with Crippen LogP contribution in [0, 0.1) is 18.3 Å². The molecule has 0 saturated carbocycles. The van der Waals surface area contributed by atoms with Crippen LogP contribution in [0.4, 0.5) is 0 Å². The van der Waals surface area contributed by atoms with Crippen molar-refractivity contribution in [2.24, 2.45) is 12.0 Å². The number of halogens is 1. The predicted octanol–water partition coefficient (Wildman–Crippen LogP) is 3.20. The first-order chi connectivity index (χ1) is 11.0. The van der Waals surface area contributed by atoms with Gasteiger partial charge in [0.25, 0.3) is 0 Å². The van der Waals surface area contributed by atoms with Crippen LogP contribution in [0.2, 0.25) is 5.02 Å². The molecule has 1 aliphatic rings. The number of esters is 1. The molecule has 1 aromatic carbocycles. The van der Waals surface area contributed by atoms with Gasteiger partial charge in [-0.15, -0.1) is 0 Å². The van der Waals surface area contributed by atoms with E-state index in [4.69, 9.17) is 21.6 Å². The van der Waals surface area contributed by atoms with E-state index in [1.165, 1.54) is 0 Å². The zero-order valence-electron chi connectivity index (χ0n) is 12.5. The number of aromatic nitrogens is 1. The number of nitriles is 1. The van der Waals surface area contributed by atoms with Gasteiger partial charge in [-0.3, -0.25) is 0 Å². The average Bonchev–Trinajstić information content (AvgIpc) is 3.03. The van der Waals surface area contributed by atoms with Gasteiger partial charge < -0.3 is 9.30 Å². The Morgan fingerprint density at radius 2 is 2.04 bits per heavy atom. The highest BCUT2D eigenvalue weighted by atomic mass is 35.5. The molecule has 0 saturated heterocycles. The molecule has 1 aromatic heterocycles. The van der Waals surface area contributed by atoms with Crippen molar-refractivity contribution < 1.29 is 9.53 Å². The molecule has 0 atom stereocenters. The molecule has 6 heteroatoms. The van der Waals surface area contributed by atoms with E-state index < -0.39 is 5.97 Å². The lowest BCUT2D eigenvalue weighted by Crippen LogP contribution is -2.05. The van der Waals surface area contributed by atoms with Crippen LogP contribution < -0.4 is 0 Å². The quantitative estimate of drug-likeness (QED) is 0.629. The second-order valence-electron chi connectivity index (χ2n) is 5.08. The lowest BCUT2D eigenvalue weighted by atomic mass is 10.2. The van der Waals surface area contributed by atoms with Crippen LogP contribution in [0.5, 0.6) is 0 Å². The molecular formula is C17H12ClN3O2. The van der Waals surface area contributed by atoms with Crippen molar-refractivity contribution in [3.05, 3.63) is 63.6 Å². The molecule has 0 spiro atoms. The van der Waals surface area contributed by atoms with Gasteiger partial charge in [0.15, 0.2) is 5.70 Å². The van der Waals surface area contributed by atoms with E-state index >= 15 is 0 Å². The maximum Gasteiger partial charge on any atom is 0.363 e. The third-order valence-corrected chi connectivity index (χ3v) is 3.94. The Bertz CT molecular complexity index is 899. The lowest BCUT2D eigenvalue weighted by Gasteiger charge is -1.98. The van der Waals surface area contributed by atoms with Crippen LogP contribution in [0.3, 0.4) is 0 Å². The van der Waals surface area contributed by atoms with Crippen LogP contribution in [-0.2, 0) is 16.6 Å². The highest BCUT2D eigenvalue weighted by Crippen LogP contribution is 2.22. The van der Waals surface area contributed by atoms with Gasteiger partial charge >= 0.3 is 5.97 Å². The van der Waals surface area contributed by atoms with Gasteiger partial charge in [0.1, 0.15) is 11.8 Å². The highest BCUT2D eigenvalue weighted by Gasteiger charge is 2.24. The van der Waals surface area contributed by atoms with Crippen LogP contribution in [0.1, 0.15) is 22.5 Å². The zero-order chi connectivity index (χ0) is 16.6. The van der Waals surface area contributed by atoms with Gasteiger partial charge in [0, 0.05) is 23.3 Å². The number of rotatable bonds is 2. The van der Waals surface area contributed by atoms with Crippen LogP contribution in [0.15, 0.2) is 41.0 Å². The van der Waals surface area contributed by atoms with Gasteiger partial charge in [-0.2, -0.15) is 5.26 Å². The Labute approximate surface area is 138 Å². The van der Waals surface area contributed by atoms with Crippen molar-refractivity contribution in [1.29, 1.82) is 5.26 Å². The summed E-state index contributed by atoms with van der Waals surface area (Å²) in [6.07, 6.45) is 1.63. The highest BCUT2D eigenvalue weighted by molar-refractivity contribution is 6.30. The third-order valence-electron chi connectivity index (χ3n) is 3.69. The number of benzene rings is 1. The van der Waals surface area contributed by atoms with Gasteiger partial charge in [-0.25, -0.2) is 9.79 Å². The number of hydrogen-bond donors (Lipinski definition) is 0. The fraction of sp³-hybridized carbons (Fsp3) is 0.118.